The number of anilines is 1. The van der Waals surface area contributed by atoms with Gasteiger partial charge in [0.1, 0.15) is 22.5 Å². The van der Waals surface area contributed by atoms with Gasteiger partial charge in [0, 0.05) is 37.0 Å². The molecule has 34 heavy (non-hydrogen) atoms. The summed E-state index contributed by atoms with van der Waals surface area (Å²) in [7, 11) is -0.488. The van der Waals surface area contributed by atoms with Crippen molar-refractivity contribution in [2.24, 2.45) is 0 Å². The van der Waals surface area contributed by atoms with E-state index in [-0.39, 0.29) is 33.9 Å². The van der Waals surface area contributed by atoms with E-state index in [2.05, 4.69) is 20.3 Å². The van der Waals surface area contributed by atoms with Gasteiger partial charge in [-0.05, 0) is 37.3 Å². The molecule has 4 rings (SSSR count). The second kappa shape index (κ2) is 9.92. The molecule has 0 amide bonds. The number of aryl methyl sites for hydroxylation is 1. The third kappa shape index (κ3) is 4.67. The van der Waals surface area contributed by atoms with Crippen LogP contribution >= 0.6 is 20.0 Å². The van der Waals surface area contributed by atoms with Crippen molar-refractivity contribution >= 4 is 42.1 Å². The Morgan fingerprint density at radius 3 is 2.65 bits per heavy atom. The first kappa shape index (κ1) is 23.9. The summed E-state index contributed by atoms with van der Waals surface area (Å²) in [5.41, 5.74) is 2.64. The highest BCUT2D eigenvalue weighted by atomic mass is 35.5. The van der Waals surface area contributed by atoms with Gasteiger partial charge < -0.3 is 14.7 Å². The molecular weight excluding hydrogens is 483 g/mol. The summed E-state index contributed by atoms with van der Waals surface area (Å²) in [5.74, 6) is -1.10. The molecule has 0 saturated heterocycles. The van der Waals surface area contributed by atoms with Crippen LogP contribution in [0.25, 0.3) is 22.3 Å². The van der Waals surface area contributed by atoms with E-state index in [0.29, 0.717) is 27.9 Å². The molecule has 0 aliphatic carbocycles. The van der Waals surface area contributed by atoms with Crippen LogP contribution in [-0.2, 0) is 11.1 Å². The SMILES string of the molecule is COP(O)c1ccc(-c2nc3c(NCc4cc(C#N)ccc4F)c(Cl)c(C)nc3cc2F)cn1. The average molecular weight is 500 g/mol. The van der Waals surface area contributed by atoms with Crippen molar-refractivity contribution in [3.05, 3.63) is 76.1 Å². The zero-order valence-electron chi connectivity index (χ0n) is 18.0. The lowest BCUT2D eigenvalue weighted by Crippen LogP contribution is -2.08. The maximum Gasteiger partial charge on any atom is 0.221 e. The van der Waals surface area contributed by atoms with Crippen LogP contribution in [0.5, 0.6) is 0 Å². The number of benzene rings is 1. The molecule has 0 radical (unpaired) electrons. The fourth-order valence-electron chi connectivity index (χ4n) is 3.32. The van der Waals surface area contributed by atoms with Gasteiger partial charge in [-0.2, -0.15) is 5.26 Å². The van der Waals surface area contributed by atoms with Gasteiger partial charge in [-0.15, -0.1) is 0 Å². The van der Waals surface area contributed by atoms with Crippen LogP contribution in [0.1, 0.15) is 16.8 Å². The van der Waals surface area contributed by atoms with Crippen LogP contribution in [0.2, 0.25) is 5.02 Å². The first-order valence-corrected chi connectivity index (χ1v) is 11.5. The Morgan fingerprint density at radius 1 is 1.18 bits per heavy atom. The van der Waals surface area contributed by atoms with E-state index in [1.54, 1.807) is 13.0 Å². The standard InChI is InChI=1S/C23H17ClF2N5O2P/c1-12-20(24)23(29-11-15-7-13(9-27)3-5-16(15)25)22-18(30-12)8-17(26)21(31-22)14-4-6-19(28-10-14)34(32)33-2/h3-8,10,32H,11H2,1-2H3,(H,29,30). The number of pyridine rings is 3. The molecule has 1 atom stereocenters. The zero-order chi connectivity index (χ0) is 24.4. The molecule has 1 aromatic carbocycles. The Hall–Kier alpha value is -3.28. The summed E-state index contributed by atoms with van der Waals surface area (Å²) in [6.07, 6.45) is 1.39. The van der Waals surface area contributed by atoms with Crippen LogP contribution in [-0.4, -0.2) is 27.0 Å². The number of rotatable bonds is 6. The van der Waals surface area contributed by atoms with Gasteiger partial charge in [-0.25, -0.2) is 18.7 Å². The number of fused-ring (bicyclic) bond motifs is 1. The molecule has 172 valence electrons. The lowest BCUT2D eigenvalue weighted by molar-refractivity contribution is 0.400. The number of hydrogen-bond acceptors (Lipinski definition) is 7. The fourth-order valence-corrected chi connectivity index (χ4v) is 4.07. The van der Waals surface area contributed by atoms with E-state index in [4.69, 9.17) is 21.4 Å². The average Bonchev–Trinajstić information content (AvgIpc) is 2.84. The minimum atomic E-state index is -1.85. The number of nitrogens with zero attached hydrogens (tertiary/aromatic N) is 4. The van der Waals surface area contributed by atoms with Crippen molar-refractivity contribution in [1.29, 1.82) is 5.26 Å². The Bertz CT molecular complexity index is 1430. The smallest absolute Gasteiger partial charge is 0.221 e. The predicted molar refractivity (Wildman–Crippen MR) is 127 cm³/mol. The zero-order valence-corrected chi connectivity index (χ0v) is 19.6. The van der Waals surface area contributed by atoms with Crippen molar-refractivity contribution in [2.75, 3.05) is 12.4 Å². The van der Waals surface area contributed by atoms with E-state index in [1.807, 2.05) is 6.07 Å². The van der Waals surface area contributed by atoms with Crippen LogP contribution < -0.4 is 10.8 Å². The third-order valence-corrected chi connectivity index (χ3v) is 6.50. The van der Waals surface area contributed by atoms with E-state index >= 15 is 0 Å². The minimum absolute atomic E-state index is 0.00802. The number of nitriles is 1. The Kier molecular flexibility index (Phi) is 6.96. The highest BCUT2D eigenvalue weighted by Gasteiger charge is 2.18. The molecule has 0 aliphatic heterocycles. The van der Waals surface area contributed by atoms with Gasteiger partial charge in [-0.3, -0.25) is 4.98 Å². The fraction of sp³-hybridized carbons (Fsp3) is 0.130. The van der Waals surface area contributed by atoms with Crippen molar-refractivity contribution in [3.8, 4) is 17.3 Å². The Labute approximate surface area is 200 Å². The monoisotopic (exact) mass is 499 g/mol. The number of aromatic nitrogens is 3. The summed E-state index contributed by atoms with van der Waals surface area (Å²) < 4.78 is 34.1. The van der Waals surface area contributed by atoms with E-state index < -0.39 is 20.0 Å². The lowest BCUT2D eigenvalue weighted by atomic mass is 10.1. The summed E-state index contributed by atoms with van der Waals surface area (Å²) in [5, 5.41) is 12.4. The molecule has 11 heteroatoms. The molecule has 3 heterocycles. The second-order valence-corrected chi connectivity index (χ2v) is 8.95. The summed E-state index contributed by atoms with van der Waals surface area (Å²) in [6.45, 7) is 1.68. The molecule has 1 unspecified atom stereocenters. The van der Waals surface area contributed by atoms with Gasteiger partial charge in [0.25, 0.3) is 0 Å². The molecule has 0 bridgehead atoms. The highest BCUT2D eigenvalue weighted by molar-refractivity contribution is 7.54. The van der Waals surface area contributed by atoms with E-state index in [9.17, 15) is 13.7 Å². The van der Waals surface area contributed by atoms with Crippen molar-refractivity contribution in [1.82, 2.24) is 15.0 Å². The van der Waals surface area contributed by atoms with Gasteiger partial charge in [0.05, 0.1) is 33.6 Å². The maximum absolute atomic E-state index is 14.9. The first-order chi connectivity index (χ1) is 16.3. The second-order valence-electron chi connectivity index (χ2n) is 7.20. The molecule has 2 N–H and O–H groups in total. The summed E-state index contributed by atoms with van der Waals surface area (Å²) >= 11 is 6.49. The van der Waals surface area contributed by atoms with Gasteiger partial charge >= 0.3 is 0 Å². The first-order valence-electron chi connectivity index (χ1n) is 9.90. The number of nitrogens with one attached hydrogen (secondary N) is 1. The van der Waals surface area contributed by atoms with Crippen molar-refractivity contribution in [2.45, 2.75) is 13.5 Å². The van der Waals surface area contributed by atoms with Crippen LogP contribution in [0.15, 0.2) is 42.6 Å². The molecule has 3 aromatic heterocycles. The van der Waals surface area contributed by atoms with E-state index in [0.717, 1.165) is 0 Å². The Balaban J connectivity index is 1.78. The molecule has 0 saturated carbocycles. The molecule has 4 aromatic rings. The van der Waals surface area contributed by atoms with Gasteiger partial charge in [-0.1, -0.05) is 11.6 Å². The Morgan fingerprint density at radius 2 is 1.97 bits per heavy atom. The van der Waals surface area contributed by atoms with Crippen molar-refractivity contribution < 1.29 is 18.2 Å². The van der Waals surface area contributed by atoms with Gasteiger partial charge in [0.15, 0.2) is 5.82 Å². The highest BCUT2D eigenvalue weighted by Crippen LogP contribution is 2.35. The summed E-state index contributed by atoms with van der Waals surface area (Å²) in [4.78, 5) is 22.7. The number of hydrogen-bond donors (Lipinski definition) is 2. The summed E-state index contributed by atoms with van der Waals surface area (Å²) in [6, 6.07) is 10.4. The molecule has 0 aliphatic rings. The van der Waals surface area contributed by atoms with Crippen LogP contribution in [0.4, 0.5) is 14.5 Å². The lowest BCUT2D eigenvalue weighted by Gasteiger charge is -2.15. The molecular formula is C23H17ClF2N5O2P. The van der Waals surface area contributed by atoms with Gasteiger partial charge in [0.2, 0.25) is 8.38 Å². The van der Waals surface area contributed by atoms with Crippen molar-refractivity contribution in [3.63, 3.8) is 0 Å². The molecule has 0 spiro atoms. The quantitative estimate of drug-likeness (QED) is 0.360. The molecule has 0 fully saturated rings. The topological polar surface area (TPSA) is 104 Å². The van der Waals surface area contributed by atoms with Crippen LogP contribution in [0, 0.1) is 29.9 Å². The van der Waals surface area contributed by atoms with Crippen LogP contribution in [0.3, 0.4) is 0 Å². The minimum Gasteiger partial charge on any atom is -0.378 e. The maximum atomic E-state index is 14.9. The van der Waals surface area contributed by atoms with E-state index in [1.165, 1.54) is 43.6 Å². The predicted octanol–water partition coefficient (Wildman–Crippen LogP) is 4.99. The normalized spacial score (nSPS) is 11.9. The molecule has 7 nitrogen and oxygen atoms in total. The third-order valence-electron chi connectivity index (χ3n) is 5.04. The largest absolute Gasteiger partial charge is 0.378 e. The number of halogens is 3.